The zero-order valence-corrected chi connectivity index (χ0v) is 11.5. The third kappa shape index (κ3) is 5.17. The van der Waals surface area contributed by atoms with E-state index in [2.05, 4.69) is 36.4 Å². The van der Waals surface area contributed by atoms with Crippen molar-refractivity contribution in [3.8, 4) is 0 Å². The van der Waals surface area contributed by atoms with E-state index in [9.17, 15) is 4.79 Å². The van der Waals surface area contributed by atoms with Crippen molar-refractivity contribution in [1.82, 2.24) is 10.3 Å². The lowest BCUT2D eigenvalue weighted by atomic mass is 10.2. The van der Waals surface area contributed by atoms with Crippen LogP contribution in [-0.4, -0.2) is 24.0 Å². The molecule has 1 amide bonds. The van der Waals surface area contributed by atoms with Crippen molar-refractivity contribution in [3.63, 3.8) is 0 Å². The molecule has 4 nitrogen and oxygen atoms in total. The van der Waals surface area contributed by atoms with Gasteiger partial charge in [0.1, 0.15) is 5.69 Å². The van der Waals surface area contributed by atoms with Crippen LogP contribution in [0.25, 0.3) is 0 Å². The van der Waals surface area contributed by atoms with Crippen LogP contribution in [0.1, 0.15) is 44.1 Å². The number of nitrogens with zero attached hydrogens (tertiary/aromatic N) is 1. The Morgan fingerprint density at radius 3 is 2.72 bits per heavy atom. The second kappa shape index (κ2) is 7.69. The summed E-state index contributed by atoms with van der Waals surface area (Å²) in [6, 6.07) is 3.65. The molecule has 0 bridgehead atoms. The lowest BCUT2D eigenvalue weighted by Crippen LogP contribution is -2.25. The molecule has 100 valence electrons. The topological polar surface area (TPSA) is 54.0 Å². The molecule has 0 fully saturated rings. The molecule has 0 radical (unpaired) electrons. The molecule has 18 heavy (non-hydrogen) atoms. The van der Waals surface area contributed by atoms with Crippen LogP contribution in [0.2, 0.25) is 0 Å². The third-order valence-corrected chi connectivity index (χ3v) is 2.53. The largest absolute Gasteiger partial charge is 0.384 e. The Kier molecular flexibility index (Phi) is 6.19. The van der Waals surface area contributed by atoms with Gasteiger partial charge in [0.2, 0.25) is 0 Å². The maximum atomic E-state index is 11.7. The van der Waals surface area contributed by atoms with Gasteiger partial charge >= 0.3 is 0 Å². The fraction of sp³-hybridized carbons (Fsp3) is 0.571. The standard InChI is InChI=1S/C14H23N3O/c1-4-5-8-15-14(18)13-7-6-12(10-17-13)16-9-11(2)3/h6-7,10-11,16H,4-5,8-9H2,1-3H3,(H,15,18). The summed E-state index contributed by atoms with van der Waals surface area (Å²) in [5, 5.41) is 6.12. The maximum absolute atomic E-state index is 11.7. The number of rotatable bonds is 7. The van der Waals surface area contributed by atoms with Crippen molar-refractivity contribution in [3.05, 3.63) is 24.0 Å². The van der Waals surface area contributed by atoms with Gasteiger partial charge in [-0.15, -0.1) is 0 Å². The summed E-state index contributed by atoms with van der Waals surface area (Å²) in [5.41, 5.74) is 1.43. The second-order valence-corrected chi connectivity index (χ2v) is 4.82. The number of carbonyl (C=O) groups excluding carboxylic acids is 1. The van der Waals surface area contributed by atoms with Crippen molar-refractivity contribution < 1.29 is 4.79 Å². The predicted octanol–water partition coefficient (Wildman–Crippen LogP) is 2.68. The summed E-state index contributed by atoms with van der Waals surface area (Å²) in [6.45, 7) is 8.01. The van der Waals surface area contributed by atoms with E-state index in [0.717, 1.165) is 25.1 Å². The molecule has 0 aliphatic heterocycles. The maximum Gasteiger partial charge on any atom is 0.269 e. The zero-order valence-electron chi connectivity index (χ0n) is 11.5. The highest BCUT2D eigenvalue weighted by Crippen LogP contribution is 2.07. The number of anilines is 1. The van der Waals surface area contributed by atoms with Gasteiger partial charge in [-0.25, -0.2) is 4.98 Å². The Morgan fingerprint density at radius 1 is 1.39 bits per heavy atom. The Labute approximate surface area is 109 Å². The number of hydrogen-bond acceptors (Lipinski definition) is 3. The molecule has 1 heterocycles. The van der Waals surface area contributed by atoms with Gasteiger partial charge in [0.05, 0.1) is 11.9 Å². The van der Waals surface area contributed by atoms with E-state index in [1.165, 1.54) is 0 Å². The van der Waals surface area contributed by atoms with Crippen LogP contribution in [0.4, 0.5) is 5.69 Å². The van der Waals surface area contributed by atoms with Gasteiger partial charge in [-0.2, -0.15) is 0 Å². The van der Waals surface area contributed by atoms with E-state index in [4.69, 9.17) is 0 Å². The Bertz CT molecular complexity index is 360. The highest BCUT2D eigenvalue weighted by atomic mass is 16.1. The van der Waals surface area contributed by atoms with Gasteiger partial charge in [0, 0.05) is 13.1 Å². The molecule has 0 unspecified atom stereocenters. The first-order valence-corrected chi connectivity index (χ1v) is 6.61. The van der Waals surface area contributed by atoms with Crippen molar-refractivity contribution in [1.29, 1.82) is 0 Å². The number of hydrogen-bond donors (Lipinski definition) is 2. The normalized spacial score (nSPS) is 10.4. The third-order valence-electron chi connectivity index (χ3n) is 2.53. The van der Waals surface area contributed by atoms with Crippen LogP contribution in [0, 0.1) is 5.92 Å². The molecule has 1 aromatic rings. The number of carbonyl (C=O) groups is 1. The van der Waals surface area contributed by atoms with Crippen LogP contribution in [0.5, 0.6) is 0 Å². The number of nitrogens with one attached hydrogen (secondary N) is 2. The summed E-state index contributed by atoms with van der Waals surface area (Å²) in [4.78, 5) is 15.9. The van der Waals surface area contributed by atoms with Crippen molar-refractivity contribution >= 4 is 11.6 Å². The summed E-state index contributed by atoms with van der Waals surface area (Å²) in [6.07, 6.45) is 3.78. The zero-order chi connectivity index (χ0) is 13.4. The lowest BCUT2D eigenvalue weighted by molar-refractivity contribution is 0.0948. The van der Waals surface area contributed by atoms with Crippen LogP contribution in [-0.2, 0) is 0 Å². The van der Waals surface area contributed by atoms with E-state index in [0.29, 0.717) is 18.2 Å². The predicted molar refractivity (Wildman–Crippen MR) is 74.8 cm³/mol. The summed E-state index contributed by atoms with van der Waals surface area (Å²) < 4.78 is 0. The molecule has 0 spiro atoms. The summed E-state index contributed by atoms with van der Waals surface area (Å²) in [7, 11) is 0. The number of amides is 1. The lowest BCUT2D eigenvalue weighted by Gasteiger charge is -2.09. The first-order valence-electron chi connectivity index (χ1n) is 6.61. The van der Waals surface area contributed by atoms with Gasteiger partial charge in [-0.05, 0) is 24.5 Å². The smallest absolute Gasteiger partial charge is 0.269 e. The number of aromatic nitrogens is 1. The number of unbranched alkanes of at least 4 members (excludes halogenated alkanes) is 1. The molecule has 0 aliphatic carbocycles. The summed E-state index contributed by atoms with van der Waals surface area (Å²) in [5.74, 6) is 0.487. The Balaban J connectivity index is 2.46. The first-order chi connectivity index (χ1) is 8.63. The summed E-state index contributed by atoms with van der Waals surface area (Å²) >= 11 is 0. The van der Waals surface area contributed by atoms with Gasteiger partial charge in [0.25, 0.3) is 5.91 Å². The SMILES string of the molecule is CCCCNC(=O)c1ccc(NCC(C)C)cn1. The van der Waals surface area contributed by atoms with Gasteiger partial charge in [-0.3, -0.25) is 4.79 Å². The fourth-order valence-corrected chi connectivity index (χ4v) is 1.42. The Morgan fingerprint density at radius 2 is 2.17 bits per heavy atom. The van der Waals surface area contributed by atoms with Crippen LogP contribution in [0.3, 0.4) is 0 Å². The van der Waals surface area contributed by atoms with E-state index in [1.54, 1.807) is 12.3 Å². The molecule has 0 saturated carbocycles. The van der Waals surface area contributed by atoms with Crippen LogP contribution in [0.15, 0.2) is 18.3 Å². The van der Waals surface area contributed by atoms with Crippen LogP contribution >= 0.6 is 0 Å². The second-order valence-electron chi connectivity index (χ2n) is 4.82. The minimum Gasteiger partial charge on any atom is -0.384 e. The quantitative estimate of drug-likeness (QED) is 0.730. The molecule has 1 rings (SSSR count). The highest BCUT2D eigenvalue weighted by Gasteiger charge is 2.05. The molecular formula is C14H23N3O. The fourth-order valence-electron chi connectivity index (χ4n) is 1.42. The first kappa shape index (κ1) is 14.5. The molecule has 0 aromatic carbocycles. The van der Waals surface area contributed by atoms with Gasteiger partial charge in [0.15, 0.2) is 0 Å². The highest BCUT2D eigenvalue weighted by molar-refractivity contribution is 5.92. The van der Waals surface area contributed by atoms with Gasteiger partial charge in [-0.1, -0.05) is 27.2 Å². The molecule has 4 heteroatoms. The molecule has 0 atom stereocenters. The monoisotopic (exact) mass is 249 g/mol. The van der Waals surface area contributed by atoms with Crippen molar-refractivity contribution in [2.45, 2.75) is 33.6 Å². The van der Waals surface area contributed by atoms with E-state index >= 15 is 0 Å². The number of pyridine rings is 1. The molecule has 0 saturated heterocycles. The van der Waals surface area contributed by atoms with Gasteiger partial charge < -0.3 is 10.6 Å². The molecular weight excluding hydrogens is 226 g/mol. The minimum absolute atomic E-state index is 0.0983. The molecule has 1 aromatic heterocycles. The Hall–Kier alpha value is -1.58. The van der Waals surface area contributed by atoms with Crippen LogP contribution < -0.4 is 10.6 Å². The molecule has 2 N–H and O–H groups in total. The van der Waals surface area contributed by atoms with E-state index in [-0.39, 0.29) is 5.91 Å². The van der Waals surface area contributed by atoms with Crippen molar-refractivity contribution in [2.24, 2.45) is 5.92 Å². The van der Waals surface area contributed by atoms with Crippen molar-refractivity contribution in [2.75, 3.05) is 18.4 Å². The average molecular weight is 249 g/mol. The van der Waals surface area contributed by atoms with E-state index in [1.807, 2.05) is 6.07 Å². The minimum atomic E-state index is -0.0983. The molecule has 0 aliphatic rings. The average Bonchev–Trinajstić information content (AvgIpc) is 2.37. The van der Waals surface area contributed by atoms with E-state index < -0.39 is 0 Å².